The Labute approximate surface area is 118 Å². The lowest BCUT2D eigenvalue weighted by Gasteiger charge is -2.34. The number of hydrogen-bond donors (Lipinski definition) is 2. The number of nitrogens with one attached hydrogen (secondary N) is 1. The second-order valence-corrected chi connectivity index (χ2v) is 5.64. The van der Waals surface area contributed by atoms with Gasteiger partial charge in [-0.3, -0.25) is 0 Å². The molecule has 1 aromatic heterocycles. The summed E-state index contributed by atoms with van der Waals surface area (Å²) in [6.45, 7) is 4.68. The van der Waals surface area contributed by atoms with E-state index in [1.807, 2.05) is 0 Å². The number of benzene rings is 1. The summed E-state index contributed by atoms with van der Waals surface area (Å²) in [7, 11) is 0. The van der Waals surface area contributed by atoms with Crippen LogP contribution in [0.25, 0.3) is 0 Å². The second kappa shape index (κ2) is 4.90. The van der Waals surface area contributed by atoms with E-state index in [9.17, 15) is 0 Å². The SMILES string of the molecule is Cc1cccc(C)c1NCc1nc(C2(N)CCC2)no1. The zero-order valence-electron chi connectivity index (χ0n) is 11.9. The van der Waals surface area contributed by atoms with Gasteiger partial charge in [0.15, 0.2) is 5.82 Å². The summed E-state index contributed by atoms with van der Waals surface area (Å²) in [6.07, 6.45) is 3.02. The summed E-state index contributed by atoms with van der Waals surface area (Å²) in [5, 5.41) is 7.38. The van der Waals surface area contributed by atoms with Gasteiger partial charge in [-0.15, -0.1) is 0 Å². The van der Waals surface area contributed by atoms with Crippen molar-refractivity contribution in [3.63, 3.8) is 0 Å². The number of aryl methyl sites for hydroxylation is 2. The van der Waals surface area contributed by atoms with Gasteiger partial charge in [0.05, 0.1) is 12.1 Å². The summed E-state index contributed by atoms with van der Waals surface area (Å²) in [6, 6.07) is 6.21. The van der Waals surface area contributed by atoms with E-state index in [-0.39, 0.29) is 5.54 Å². The highest BCUT2D eigenvalue weighted by Gasteiger charge is 2.38. The monoisotopic (exact) mass is 272 g/mol. The first-order valence-corrected chi connectivity index (χ1v) is 7.00. The van der Waals surface area contributed by atoms with E-state index in [0.717, 1.165) is 24.9 Å². The molecule has 106 valence electrons. The maximum atomic E-state index is 6.19. The molecule has 1 aliphatic rings. The number of nitrogens with two attached hydrogens (primary N) is 1. The van der Waals surface area contributed by atoms with Crippen molar-refractivity contribution < 1.29 is 4.52 Å². The Kier molecular flexibility index (Phi) is 3.22. The molecule has 3 rings (SSSR count). The van der Waals surface area contributed by atoms with Crippen molar-refractivity contribution in [2.45, 2.75) is 45.2 Å². The molecule has 5 nitrogen and oxygen atoms in total. The van der Waals surface area contributed by atoms with Gasteiger partial charge in [0.2, 0.25) is 5.89 Å². The quantitative estimate of drug-likeness (QED) is 0.894. The van der Waals surface area contributed by atoms with Gasteiger partial charge >= 0.3 is 0 Å². The number of rotatable bonds is 4. The average molecular weight is 272 g/mol. The van der Waals surface area contributed by atoms with E-state index in [4.69, 9.17) is 10.3 Å². The molecule has 0 radical (unpaired) electrons. The first-order chi connectivity index (χ1) is 9.58. The van der Waals surface area contributed by atoms with E-state index in [1.54, 1.807) is 0 Å². The van der Waals surface area contributed by atoms with Crippen LogP contribution >= 0.6 is 0 Å². The Balaban J connectivity index is 1.70. The third kappa shape index (κ3) is 2.29. The normalized spacial score (nSPS) is 16.8. The number of anilines is 1. The van der Waals surface area contributed by atoms with Gasteiger partial charge in [0.25, 0.3) is 0 Å². The van der Waals surface area contributed by atoms with Gasteiger partial charge in [0, 0.05) is 5.69 Å². The van der Waals surface area contributed by atoms with Gasteiger partial charge in [-0.1, -0.05) is 23.4 Å². The molecule has 3 N–H and O–H groups in total. The Morgan fingerprint density at radius 2 is 2.00 bits per heavy atom. The van der Waals surface area contributed by atoms with Crippen molar-refractivity contribution in [2.24, 2.45) is 5.73 Å². The lowest BCUT2D eigenvalue weighted by atomic mass is 9.77. The zero-order valence-corrected chi connectivity index (χ0v) is 11.9. The van der Waals surface area contributed by atoms with Crippen LogP contribution in [0.15, 0.2) is 22.7 Å². The molecular formula is C15H20N4O. The van der Waals surface area contributed by atoms with Crippen molar-refractivity contribution in [3.8, 4) is 0 Å². The fraction of sp³-hybridized carbons (Fsp3) is 0.467. The fourth-order valence-electron chi connectivity index (χ4n) is 2.57. The zero-order chi connectivity index (χ0) is 14.2. The van der Waals surface area contributed by atoms with E-state index < -0.39 is 0 Å². The molecular weight excluding hydrogens is 252 g/mol. The minimum absolute atomic E-state index is 0.361. The molecule has 0 spiro atoms. The van der Waals surface area contributed by atoms with Crippen LogP contribution in [0.1, 0.15) is 42.1 Å². The second-order valence-electron chi connectivity index (χ2n) is 5.64. The third-order valence-corrected chi connectivity index (χ3v) is 4.06. The van der Waals surface area contributed by atoms with Crippen LogP contribution in [0, 0.1) is 13.8 Å². The van der Waals surface area contributed by atoms with E-state index in [2.05, 4.69) is 47.5 Å². The smallest absolute Gasteiger partial charge is 0.246 e. The van der Waals surface area contributed by atoms with Crippen molar-refractivity contribution >= 4 is 5.69 Å². The number of para-hydroxylation sites is 1. The molecule has 2 aromatic rings. The third-order valence-electron chi connectivity index (χ3n) is 4.06. The molecule has 5 heteroatoms. The van der Waals surface area contributed by atoms with E-state index in [0.29, 0.717) is 18.3 Å². The molecule has 1 heterocycles. The molecule has 1 saturated carbocycles. The molecule has 0 unspecified atom stereocenters. The molecule has 0 aliphatic heterocycles. The lowest BCUT2D eigenvalue weighted by molar-refractivity contribution is 0.229. The molecule has 0 amide bonds. The van der Waals surface area contributed by atoms with E-state index >= 15 is 0 Å². The topological polar surface area (TPSA) is 77.0 Å². The van der Waals surface area contributed by atoms with Crippen molar-refractivity contribution in [2.75, 3.05) is 5.32 Å². The van der Waals surface area contributed by atoms with Crippen LogP contribution in [0.5, 0.6) is 0 Å². The first-order valence-electron chi connectivity index (χ1n) is 7.00. The van der Waals surface area contributed by atoms with Crippen LogP contribution in [-0.2, 0) is 12.1 Å². The first kappa shape index (κ1) is 13.1. The fourth-order valence-corrected chi connectivity index (χ4v) is 2.57. The predicted octanol–water partition coefficient (Wildman–Crippen LogP) is 2.64. The highest BCUT2D eigenvalue weighted by atomic mass is 16.5. The standard InChI is InChI=1S/C15H20N4O/c1-10-5-3-6-11(2)13(10)17-9-12-18-14(19-20-12)15(16)7-4-8-15/h3,5-6,17H,4,7-9,16H2,1-2H3. The van der Waals surface area contributed by atoms with Gasteiger partial charge < -0.3 is 15.6 Å². The molecule has 1 aliphatic carbocycles. The average Bonchev–Trinajstić information content (AvgIpc) is 2.84. The van der Waals surface area contributed by atoms with Crippen molar-refractivity contribution in [3.05, 3.63) is 41.0 Å². The van der Waals surface area contributed by atoms with Crippen LogP contribution in [0.4, 0.5) is 5.69 Å². The highest BCUT2D eigenvalue weighted by Crippen LogP contribution is 2.36. The lowest BCUT2D eigenvalue weighted by Crippen LogP contribution is -2.44. The number of nitrogens with zero attached hydrogens (tertiary/aromatic N) is 2. The minimum atomic E-state index is -0.361. The van der Waals surface area contributed by atoms with Crippen LogP contribution in [-0.4, -0.2) is 10.1 Å². The summed E-state index contributed by atoms with van der Waals surface area (Å²) >= 11 is 0. The van der Waals surface area contributed by atoms with Crippen LogP contribution < -0.4 is 11.1 Å². The molecule has 0 bridgehead atoms. The van der Waals surface area contributed by atoms with Crippen molar-refractivity contribution in [1.82, 2.24) is 10.1 Å². The van der Waals surface area contributed by atoms with Gasteiger partial charge in [-0.05, 0) is 44.2 Å². The maximum absolute atomic E-state index is 6.19. The Hall–Kier alpha value is -1.88. The molecule has 0 atom stereocenters. The predicted molar refractivity (Wildman–Crippen MR) is 77.3 cm³/mol. The molecule has 1 fully saturated rings. The van der Waals surface area contributed by atoms with Crippen LogP contribution in [0.2, 0.25) is 0 Å². The Bertz CT molecular complexity index is 596. The summed E-state index contributed by atoms with van der Waals surface area (Å²) in [4.78, 5) is 4.41. The Morgan fingerprint density at radius 1 is 1.30 bits per heavy atom. The maximum Gasteiger partial charge on any atom is 0.246 e. The minimum Gasteiger partial charge on any atom is -0.376 e. The summed E-state index contributed by atoms with van der Waals surface area (Å²) in [5.74, 6) is 1.22. The summed E-state index contributed by atoms with van der Waals surface area (Å²) < 4.78 is 5.28. The molecule has 0 saturated heterocycles. The number of hydrogen-bond acceptors (Lipinski definition) is 5. The van der Waals surface area contributed by atoms with Gasteiger partial charge in [0.1, 0.15) is 0 Å². The largest absolute Gasteiger partial charge is 0.376 e. The van der Waals surface area contributed by atoms with Gasteiger partial charge in [-0.2, -0.15) is 4.98 Å². The van der Waals surface area contributed by atoms with Crippen LogP contribution in [0.3, 0.4) is 0 Å². The molecule has 1 aromatic carbocycles. The molecule has 20 heavy (non-hydrogen) atoms. The summed E-state index contributed by atoms with van der Waals surface area (Å²) in [5.41, 5.74) is 9.37. The Morgan fingerprint density at radius 3 is 2.60 bits per heavy atom. The highest BCUT2D eigenvalue weighted by molar-refractivity contribution is 5.56. The number of aromatic nitrogens is 2. The van der Waals surface area contributed by atoms with Crippen molar-refractivity contribution in [1.29, 1.82) is 0 Å². The van der Waals surface area contributed by atoms with Gasteiger partial charge in [-0.25, -0.2) is 0 Å². The van der Waals surface area contributed by atoms with E-state index in [1.165, 1.54) is 11.1 Å².